The Morgan fingerprint density at radius 2 is 2.09 bits per heavy atom. The summed E-state index contributed by atoms with van der Waals surface area (Å²) in [7, 11) is -3.69. The molecule has 1 unspecified atom stereocenters. The van der Waals surface area contributed by atoms with Crippen molar-refractivity contribution in [2.75, 3.05) is 6.26 Å². The number of aryl methyl sites for hydroxylation is 1. The standard InChI is InChI=1S/C15H15NO6S/c1-8-3-4-9-12(22-23(2,20)21)6-5-10-13(9)16(8)7-11(14(10)17)15(18)19/h5-8H,3-4H2,1-2H3,(H,18,19). The van der Waals surface area contributed by atoms with Gasteiger partial charge in [-0.2, -0.15) is 8.42 Å². The summed E-state index contributed by atoms with van der Waals surface area (Å²) in [5.41, 5.74) is 0.277. The molecule has 0 fully saturated rings. The Kier molecular flexibility index (Phi) is 3.44. The number of carboxylic acid groups (broad SMARTS) is 1. The maximum absolute atomic E-state index is 12.4. The maximum Gasteiger partial charge on any atom is 0.341 e. The number of rotatable bonds is 3. The van der Waals surface area contributed by atoms with Crippen LogP contribution in [0.5, 0.6) is 5.75 Å². The summed E-state index contributed by atoms with van der Waals surface area (Å²) in [4.78, 5) is 23.6. The second kappa shape index (κ2) is 5.09. The predicted octanol–water partition coefficient (Wildman–Crippen LogP) is 1.55. The van der Waals surface area contributed by atoms with Gasteiger partial charge in [0.1, 0.15) is 11.3 Å². The van der Waals surface area contributed by atoms with Crippen molar-refractivity contribution in [3.63, 3.8) is 0 Å². The quantitative estimate of drug-likeness (QED) is 0.852. The zero-order valence-corrected chi connectivity index (χ0v) is 13.4. The molecule has 1 N–H and O–H groups in total. The van der Waals surface area contributed by atoms with E-state index in [4.69, 9.17) is 4.18 Å². The summed E-state index contributed by atoms with van der Waals surface area (Å²) >= 11 is 0. The summed E-state index contributed by atoms with van der Waals surface area (Å²) in [6.45, 7) is 1.92. The molecule has 0 bridgehead atoms. The second-order valence-electron chi connectivity index (χ2n) is 5.70. The van der Waals surface area contributed by atoms with E-state index >= 15 is 0 Å². The van der Waals surface area contributed by atoms with E-state index in [-0.39, 0.29) is 22.7 Å². The van der Waals surface area contributed by atoms with Crippen molar-refractivity contribution in [3.05, 3.63) is 39.7 Å². The van der Waals surface area contributed by atoms with Crippen LogP contribution in [-0.4, -0.2) is 30.3 Å². The molecule has 1 aromatic carbocycles. The molecule has 23 heavy (non-hydrogen) atoms. The fourth-order valence-corrected chi connectivity index (χ4v) is 3.46. The number of aromatic nitrogens is 1. The van der Waals surface area contributed by atoms with Gasteiger partial charge in [-0.25, -0.2) is 4.79 Å². The first-order chi connectivity index (χ1) is 10.7. The van der Waals surface area contributed by atoms with Crippen molar-refractivity contribution >= 4 is 27.0 Å². The van der Waals surface area contributed by atoms with E-state index in [2.05, 4.69) is 0 Å². The molecule has 0 radical (unpaired) electrons. The molecule has 0 spiro atoms. The van der Waals surface area contributed by atoms with Gasteiger partial charge in [0.05, 0.1) is 11.8 Å². The summed E-state index contributed by atoms with van der Waals surface area (Å²) in [6.07, 6.45) is 3.52. The number of hydrogen-bond acceptors (Lipinski definition) is 5. The molecular weight excluding hydrogens is 322 g/mol. The molecule has 2 heterocycles. The highest BCUT2D eigenvalue weighted by atomic mass is 32.2. The van der Waals surface area contributed by atoms with Gasteiger partial charge >= 0.3 is 16.1 Å². The zero-order chi connectivity index (χ0) is 16.9. The van der Waals surface area contributed by atoms with E-state index < -0.39 is 21.5 Å². The average molecular weight is 337 g/mol. The molecule has 2 aromatic rings. The van der Waals surface area contributed by atoms with Gasteiger partial charge in [-0.15, -0.1) is 0 Å². The van der Waals surface area contributed by atoms with Gasteiger partial charge in [-0.05, 0) is 31.9 Å². The van der Waals surface area contributed by atoms with Crippen LogP contribution < -0.4 is 9.61 Å². The monoisotopic (exact) mass is 337 g/mol. The molecule has 1 aromatic heterocycles. The highest BCUT2D eigenvalue weighted by molar-refractivity contribution is 7.86. The topological polar surface area (TPSA) is 103 Å². The number of nitrogens with zero attached hydrogens (tertiary/aromatic N) is 1. The summed E-state index contributed by atoms with van der Waals surface area (Å²) in [6, 6.07) is 2.83. The predicted molar refractivity (Wildman–Crippen MR) is 83.7 cm³/mol. The highest BCUT2D eigenvalue weighted by Gasteiger charge is 2.25. The first-order valence-electron chi connectivity index (χ1n) is 7.02. The lowest BCUT2D eigenvalue weighted by molar-refractivity contribution is 0.0694. The second-order valence-corrected chi connectivity index (χ2v) is 7.27. The molecule has 1 aliphatic heterocycles. The average Bonchev–Trinajstić information content (AvgIpc) is 2.43. The molecular formula is C15H15NO6S. The van der Waals surface area contributed by atoms with E-state index in [9.17, 15) is 23.1 Å². The van der Waals surface area contributed by atoms with Crippen molar-refractivity contribution in [2.45, 2.75) is 25.8 Å². The third kappa shape index (κ3) is 2.59. The molecule has 7 nitrogen and oxygen atoms in total. The first-order valence-corrected chi connectivity index (χ1v) is 8.84. The highest BCUT2D eigenvalue weighted by Crippen LogP contribution is 2.36. The Morgan fingerprint density at radius 1 is 1.39 bits per heavy atom. The number of aromatic carboxylic acids is 1. The van der Waals surface area contributed by atoms with E-state index in [1.807, 2.05) is 6.92 Å². The van der Waals surface area contributed by atoms with Gasteiger partial charge in [0.2, 0.25) is 5.43 Å². The number of benzene rings is 1. The molecule has 8 heteroatoms. The Balaban J connectivity index is 2.41. The lowest BCUT2D eigenvalue weighted by atomic mass is 9.95. The molecule has 0 aliphatic carbocycles. The fourth-order valence-electron chi connectivity index (χ4n) is 2.98. The molecule has 1 aliphatic rings. The smallest absolute Gasteiger partial charge is 0.341 e. The van der Waals surface area contributed by atoms with Gasteiger partial charge in [-0.3, -0.25) is 4.79 Å². The number of hydrogen-bond donors (Lipinski definition) is 1. The van der Waals surface area contributed by atoms with Crippen LogP contribution in [0.2, 0.25) is 0 Å². The van der Waals surface area contributed by atoms with Crippen LogP contribution in [0.25, 0.3) is 10.9 Å². The molecule has 1 atom stereocenters. The van der Waals surface area contributed by atoms with Crippen LogP contribution in [0.4, 0.5) is 0 Å². The van der Waals surface area contributed by atoms with Gasteiger partial charge in [0.25, 0.3) is 0 Å². The largest absolute Gasteiger partial charge is 0.477 e. The van der Waals surface area contributed by atoms with Crippen molar-refractivity contribution < 1.29 is 22.5 Å². The van der Waals surface area contributed by atoms with Crippen LogP contribution in [0.15, 0.2) is 23.1 Å². The van der Waals surface area contributed by atoms with Crippen LogP contribution >= 0.6 is 0 Å². The van der Waals surface area contributed by atoms with Gasteiger partial charge < -0.3 is 13.9 Å². The third-order valence-electron chi connectivity index (χ3n) is 4.01. The van der Waals surface area contributed by atoms with E-state index in [0.29, 0.717) is 23.9 Å². The first kappa shape index (κ1) is 15.5. The Labute approximate surface area is 132 Å². The fraction of sp³-hybridized carbons (Fsp3) is 0.333. The molecule has 0 amide bonds. The molecule has 0 saturated carbocycles. The summed E-state index contributed by atoms with van der Waals surface area (Å²) in [5.74, 6) is -1.10. The Morgan fingerprint density at radius 3 is 2.70 bits per heavy atom. The minimum atomic E-state index is -3.69. The Hall–Kier alpha value is -2.35. The van der Waals surface area contributed by atoms with Crippen LogP contribution in [-0.2, 0) is 16.5 Å². The maximum atomic E-state index is 12.4. The van der Waals surface area contributed by atoms with Crippen molar-refractivity contribution in [1.82, 2.24) is 4.57 Å². The minimum absolute atomic E-state index is 0.00261. The lowest BCUT2D eigenvalue weighted by Crippen LogP contribution is -2.24. The Bertz CT molecular complexity index is 989. The SMILES string of the molecule is CC1CCc2c(OS(C)(=O)=O)ccc3c(=O)c(C(=O)O)cn1c23. The van der Waals surface area contributed by atoms with Gasteiger partial charge in [-0.1, -0.05) is 0 Å². The molecule has 3 rings (SSSR count). The molecule has 122 valence electrons. The van der Waals surface area contributed by atoms with Gasteiger partial charge in [0.15, 0.2) is 0 Å². The van der Waals surface area contributed by atoms with E-state index in [1.165, 1.54) is 18.3 Å². The van der Waals surface area contributed by atoms with Crippen LogP contribution in [0, 0.1) is 0 Å². The van der Waals surface area contributed by atoms with E-state index in [1.54, 1.807) is 4.57 Å². The summed E-state index contributed by atoms with van der Waals surface area (Å²) in [5, 5.41) is 9.47. The number of carbonyl (C=O) groups is 1. The van der Waals surface area contributed by atoms with Crippen molar-refractivity contribution in [1.29, 1.82) is 0 Å². The number of carboxylic acids is 1. The third-order valence-corrected chi connectivity index (χ3v) is 4.50. The molecule has 0 saturated heterocycles. The lowest BCUT2D eigenvalue weighted by Gasteiger charge is -2.27. The minimum Gasteiger partial charge on any atom is -0.477 e. The van der Waals surface area contributed by atoms with E-state index in [0.717, 1.165) is 6.26 Å². The van der Waals surface area contributed by atoms with Crippen LogP contribution in [0.1, 0.15) is 35.3 Å². The summed E-state index contributed by atoms with van der Waals surface area (Å²) < 4.78 is 29.6. The van der Waals surface area contributed by atoms with Crippen LogP contribution in [0.3, 0.4) is 0 Å². The number of pyridine rings is 1. The van der Waals surface area contributed by atoms with Crippen molar-refractivity contribution in [3.8, 4) is 5.75 Å². The normalized spacial score (nSPS) is 17.2. The van der Waals surface area contributed by atoms with Crippen molar-refractivity contribution in [2.24, 2.45) is 0 Å². The zero-order valence-electron chi connectivity index (χ0n) is 12.6. The van der Waals surface area contributed by atoms with Gasteiger partial charge in [0, 0.05) is 23.2 Å².